The van der Waals surface area contributed by atoms with Gasteiger partial charge in [-0.3, -0.25) is 9.78 Å². The van der Waals surface area contributed by atoms with Crippen LogP contribution in [0.1, 0.15) is 119 Å². The van der Waals surface area contributed by atoms with Crippen LogP contribution >= 0.6 is 0 Å². The Hall–Kier alpha value is -3.09. The van der Waals surface area contributed by atoms with Crippen LogP contribution in [0.25, 0.3) is 0 Å². The van der Waals surface area contributed by atoms with Crippen molar-refractivity contribution in [2.75, 3.05) is 7.11 Å². The minimum Gasteiger partial charge on any atom is -0.496 e. The maximum absolute atomic E-state index is 12.4. The fourth-order valence-electron chi connectivity index (χ4n) is 5.10. The number of unbranched alkanes of at least 4 members (excludes halogenated alkanes) is 12. The molecular formula is C34H52N2O5. The van der Waals surface area contributed by atoms with Crippen LogP contribution in [-0.4, -0.2) is 35.1 Å². The summed E-state index contributed by atoms with van der Waals surface area (Å²) >= 11 is 0. The van der Waals surface area contributed by atoms with E-state index in [0.717, 1.165) is 47.4 Å². The molecule has 1 atom stereocenters. The topological polar surface area (TPSA) is 97.8 Å². The van der Waals surface area contributed by atoms with Gasteiger partial charge in [0.25, 0.3) is 0 Å². The minimum atomic E-state index is -1.03. The van der Waals surface area contributed by atoms with Crippen molar-refractivity contribution >= 4 is 11.9 Å². The number of pyridine rings is 1. The van der Waals surface area contributed by atoms with Crippen molar-refractivity contribution in [3.8, 4) is 11.5 Å². The standard InChI is InChI=1S/C34H52N2O5/c1-5-6-7-8-9-10-11-12-13-14-15-16-17-18-32(37)36-30(34(38)39)23-28-19-21-29(22-20-28)41-25-31-27(3)33(40-4)26(2)24-35-31/h19-22,24,30H,5-18,23,25H2,1-4H3,(H,36,37)(H,38,39)/t30-/m1/s1. The van der Waals surface area contributed by atoms with Crippen LogP contribution in [0, 0.1) is 13.8 Å². The molecule has 1 heterocycles. The summed E-state index contributed by atoms with van der Waals surface area (Å²) in [6.07, 6.45) is 18.6. The molecule has 0 aliphatic heterocycles. The third-order valence-electron chi connectivity index (χ3n) is 7.63. The molecule has 0 bridgehead atoms. The molecule has 7 heteroatoms. The lowest BCUT2D eigenvalue weighted by molar-refractivity contribution is -0.141. The number of methoxy groups -OCH3 is 1. The fourth-order valence-corrected chi connectivity index (χ4v) is 5.10. The Morgan fingerprint density at radius 2 is 1.44 bits per heavy atom. The lowest BCUT2D eigenvalue weighted by atomic mass is 10.0. The molecule has 1 aromatic heterocycles. The fraction of sp³-hybridized carbons (Fsp3) is 0.618. The number of ether oxygens (including phenoxy) is 2. The van der Waals surface area contributed by atoms with Gasteiger partial charge in [0.1, 0.15) is 24.1 Å². The van der Waals surface area contributed by atoms with E-state index in [1.807, 2.05) is 38.1 Å². The number of nitrogens with one attached hydrogen (secondary N) is 1. The average Bonchev–Trinajstić information content (AvgIpc) is 2.95. The largest absolute Gasteiger partial charge is 0.496 e. The summed E-state index contributed by atoms with van der Waals surface area (Å²) in [6, 6.07) is 6.33. The van der Waals surface area contributed by atoms with Crippen molar-refractivity contribution < 1.29 is 24.2 Å². The molecule has 0 aliphatic carbocycles. The Bertz CT molecular complexity index is 1040. The molecule has 0 spiro atoms. The Labute approximate surface area is 247 Å². The second-order valence-corrected chi connectivity index (χ2v) is 11.1. The normalized spacial score (nSPS) is 11.7. The molecule has 0 aliphatic rings. The van der Waals surface area contributed by atoms with Gasteiger partial charge < -0.3 is 19.9 Å². The summed E-state index contributed by atoms with van der Waals surface area (Å²) in [6.45, 7) is 6.46. The SMILES string of the molecule is CCCCCCCCCCCCCCCC(=O)N[C@H](Cc1ccc(OCc2ncc(C)c(OC)c2C)cc1)C(=O)O. The van der Waals surface area contributed by atoms with Crippen molar-refractivity contribution in [1.82, 2.24) is 10.3 Å². The third-order valence-corrected chi connectivity index (χ3v) is 7.63. The molecule has 0 saturated heterocycles. The molecule has 1 amide bonds. The van der Waals surface area contributed by atoms with E-state index < -0.39 is 12.0 Å². The predicted octanol–water partition coefficient (Wildman–Crippen LogP) is 7.88. The molecule has 0 radical (unpaired) electrons. The van der Waals surface area contributed by atoms with E-state index >= 15 is 0 Å². The zero-order chi connectivity index (χ0) is 29.9. The number of carbonyl (C=O) groups is 2. The summed E-state index contributed by atoms with van der Waals surface area (Å²) in [7, 11) is 1.64. The van der Waals surface area contributed by atoms with Gasteiger partial charge in [0.15, 0.2) is 0 Å². The molecular weight excluding hydrogens is 516 g/mol. The zero-order valence-electron chi connectivity index (χ0n) is 25.8. The van der Waals surface area contributed by atoms with Gasteiger partial charge in [-0.05, 0) is 38.0 Å². The molecule has 41 heavy (non-hydrogen) atoms. The highest BCUT2D eigenvalue weighted by molar-refractivity contribution is 5.83. The molecule has 1 aromatic carbocycles. The number of hydrogen-bond donors (Lipinski definition) is 2. The van der Waals surface area contributed by atoms with Crippen LogP contribution in [0.2, 0.25) is 0 Å². The lowest BCUT2D eigenvalue weighted by Gasteiger charge is -2.15. The number of benzene rings is 1. The smallest absolute Gasteiger partial charge is 0.326 e. The number of rotatable bonds is 22. The Balaban J connectivity index is 1.64. The number of hydrogen-bond acceptors (Lipinski definition) is 5. The maximum Gasteiger partial charge on any atom is 0.326 e. The first kappa shape index (κ1) is 34.1. The highest BCUT2D eigenvalue weighted by Gasteiger charge is 2.20. The van der Waals surface area contributed by atoms with Crippen LogP contribution in [0.3, 0.4) is 0 Å². The van der Waals surface area contributed by atoms with Gasteiger partial charge in [0.05, 0.1) is 12.8 Å². The number of carboxylic acid groups (broad SMARTS) is 1. The molecule has 7 nitrogen and oxygen atoms in total. The van der Waals surface area contributed by atoms with E-state index in [2.05, 4.69) is 17.2 Å². The predicted molar refractivity (Wildman–Crippen MR) is 165 cm³/mol. The number of carbonyl (C=O) groups excluding carboxylic acids is 1. The lowest BCUT2D eigenvalue weighted by Crippen LogP contribution is -2.42. The van der Waals surface area contributed by atoms with Gasteiger partial charge in [-0.15, -0.1) is 0 Å². The van der Waals surface area contributed by atoms with Crippen LogP contribution in [0.4, 0.5) is 0 Å². The maximum atomic E-state index is 12.4. The zero-order valence-corrected chi connectivity index (χ0v) is 25.8. The Morgan fingerprint density at radius 3 is 1.98 bits per heavy atom. The van der Waals surface area contributed by atoms with Crippen LogP contribution in [0.5, 0.6) is 11.5 Å². The first-order chi connectivity index (χ1) is 19.8. The molecule has 228 valence electrons. The van der Waals surface area contributed by atoms with Crippen LogP contribution in [-0.2, 0) is 22.6 Å². The van der Waals surface area contributed by atoms with Crippen molar-refractivity contribution in [3.63, 3.8) is 0 Å². The van der Waals surface area contributed by atoms with Gasteiger partial charge in [-0.1, -0.05) is 96.1 Å². The number of aliphatic carboxylic acids is 1. The number of amides is 1. The molecule has 2 aromatic rings. The number of nitrogens with zero attached hydrogens (tertiary/aromatic N) is 1. The van der Waals surface area contributed by atoms with Crippen LogP contribution in [0.15, 0.2) is 30.5 Å². The van der Waals surface area contributed by atoms with E-state index in [0.29, 0.717) is 18.8 Å². The van der Waals surface area contributed by atoms with Crippen molar-refractivity contribution in [1.29, 1.82) is 0 Å². The highest BCUT2D eigenvalue weighted by atomic mass is 16.5. The van der Waals surface area contributed by atoms with Crippen molar-refractivity contribution in [3.05, 3.63) is 52.8 Å². The van der Waals surface area contributed by atoms with E-state index in [-0.39, 0.29) is 12.3 Å². The van der Waals surface area contributed by atoms with Gasteiger partial charge >= 0.3 is 5.97 Å². The summed E-state index contributed by atoms with van der Waals surface area (Å²) in [5.74, 6) is 0.244. The molecule has 2 rings (SSSR count). The van der Waals surface area contributed by atoms with Gasteiger partial charge in [0.2, 0.25) is 5.91 Å². The van der Waals surface area contributed by atoms with Crippen molar-refractivity contribution in [2.45, 2.75) is 130 Å². The summed E-state index contributed by atoms with van der Waals surface area (Å²) in [5.41, 5.74) is 3.54. The minimum absolute atomic E-state index is 0.197. The van der Waals surface area contributed by atoms with Gasteiger partial charge in [-0.25, -0.2) is 4.79 Å². The molecule has 0 fully saturated rings. The summed E-state index contributed by atoms with van der Waals surface area (Å²) in [4.78, 5) is 28.7. The number of aryl methyl sites for hydroxylation is 1. The van der Waals surface area contributed by atoms with E-state index in [1.165, 1.54) is 64.2 Å². The first-order valence-electron chi connectivity index (χ1n) is 15.6. The van der Waals surface area contributed by atoms with E-state index in [4.69, 9.17) is 9.47 Å². The second-order valence-electron chi connectivity index (χ2n) is 11.1. The summed E-state index contributed by atoms with van der Waals surface area (Å²) in [5, 5.41) is 12.4. The van der Waals surface area contributed by atoms with E-state index in [9.17, 15) is 14.7 Å². The highest BCUT2D eigenvalue weighted by Crippen LogP contribution is 2.25. The van der Waals surface area contributed by atoms with Gasteiger partial charge in [-0.2, -0.15) is 0 Å². The monoisotopic (exact) mass is 568 g/mol. The third kappa shape index (κ3) is 13.4. The molecule has 0 saturated carbocycles. The second kappa shape index (κ2) is 19.9. The van der Waals surface area contributed by atoms with E-state index in [1.54, 1.807) is 13.3 Å². The average molecular weight is 569 g/mol. The van der Waals surface area contributed by atoms with Gasteiger partial charge in [0, 0.05) is 30.2 Å². The molecule has 2 N–H and O–H groups in total. The Morgan fingerprint density at radius 1 is 0.878 bits per heavy atom. The molecule has 0 unspecified atom stereocenters. The number of carboxylic acids is 1. The van der Waals surface area contributed by atoms with Crippen molar-refractivity contribution in [2.24, 2.45) is 0 Å². The summed E-state index contributed by atoms with van der Waals surface area (Å²) < 4.78 is 11.4. The number of aromatic nitrogens is 1. The Kier molecular flexibility index (Phi) is 16.6. The first-order valence-corrected chi connectivity index (χ1v) is 15.6. The quantitative estimate of drug-likeness (QED) is 0.140. The van der Waals surface area contributed by atoms with Crippen LogP contribution < -0.4 is 14.8 Å².